The number of rotatable bonds is 15. The van der Waals surface area contributed by atoms with Crippen LogP contribution in [0.15, 0.2) is 29.2 Å². The van der Waals surface area contributed by atoms with Crippen LogP contribution in [-0.2, 0) is 29.0 Å². The second-order valence-electron chi connectivity index (χ2n) is 7.41. The number of hydrogen-bond acceptors (Lipinski definition) is 9. The van der Waals surface area contributed by atoms with E-state index in [2.05, 4.69) is 10.0 Å². The summed E-state index contributed by atoms with van der Waals surface area (Å²) < 4.78 is 47.5. The van der Waals surface area contributed by atoms with Gasteiger partial charge in [-0.1, -0.05) is 0 Å². The minimum Gasteiger partial charge on any atom is -0.444 e. The minimum atomic E-state index is -3.76. The molecule has 1 aromatic carbocycles. The van der Waals surface area contributed by atoms with Crippen molar-refractivity contribution in [3.05, 3.63) is 34.4 Å². The van der Waals surface area contributed by atoms with E-state index in [0.717, 1.165) is 12.1 Å². The van der Waals surface area contributed by atoms with Gasteiger partial charge in [-0.3, -0.25) is 10.1 Å². The van der Waals surface area contributed by atoms with Gasteiger partial charge in [-0.15, -0.1) is 0 Å². The number of nitro groups is 1. The van der Waals surface area contributed by atoms with Crippen molar-refractivity contribution in [1.82, 2.24) is 10.0 Å². The first-order valence-corrected chi connectivity index (χ1v) is 11.4. The van der Waals surface area contributed by atoms with E-state index in [1.807, 2.05) is 0 Å². The molecule has 182 valence electrons. The maximum atomic E-state index is 12.1. The topological polar surface area (TPSA) is 155 Å². The number of nitrogens with one attached hydrogen (secondary N) is 2. The zero-order valence-electron chi connectivity index (χ0n) is 18.5. The molecule has 0 aliphatic rings. The fourth-order valence-corrected chi connectivity index (χ4v) is 3.17. The van der Waals surface area contributed by atoms with Crippen LogP contribution in [0, 0.1) is 10.1 Å². The molecule has 0 spiro atoms. The fraction of sp³-hybridized carbons (Fsp3) is 0.632. The highest BCUT2D eigenvalue weighted by Gasteiger charge is 2.16. The SMILES string of the molecule is CC(C)(C)OC(=O)NCCOCCOCCOCCNS(=O)(=O)c1ccc([N+](=O)[O-])cc1. The third kappa shape index (κ3) is 12.5. The Balaban J connectivity index is 1.99. The zero-order chi connectivity index (χ0) is 24.0. The van der Waals surface area contributed by atoms with Gasteiger partial charge >= 0.3 is 6.09 Å². The summed E-state index contributed by atoms with van der Waals surface area (Å²) in [5.41, 5.74) is -0.728. The molecule has 13 heteroatoms. The lowest BCUT2D eigenvalue weighted by molar-refractivity contribution is -0.384. The van der Waals surface area contributed by atoms with Crippen LogP contribution in [0.5, 0.6) is 0 Å². The molecule has 0 saturated carbocycles. The van der Waals surface area contributed by atoms with Gasteiger partial charge in [0.15, 0.2) is 0 Å². The normalized spacial score (nSPS) is 11.8. The number of benzene rings is 1. The van der Waals surface area contributed by atoms with E-state index in [1.54, 1.807) is 20.8 Å². The second kappa shape index (κ2) is 14.0. The summed E-state index contributed by atoms with van der Waals surface area (Å²) in [5.74, 6) is 0. The molecule has 1 aromatic rings. The van der Waals surface area contributed by atoms with Gasteiger partial charge in [-0.25, -0.2) is 17.9 Å². The molecule has 12 nitrogen and oxygen atoms in total. The molecule has 0 unspecified atom stereocenters. The molecule has 1 amide bonds. The average Bonchev–Trinajstić information content (AvgIpc) is 2.70. The molecule has 0 aromatic heterocycles. The number of alkyl carbamates (subject to hydrolysis) is 1. The molecule has 2 N–H and O–H groups in total. The summed E-state index contributed by atoms with van der Waals surface area (Å²) in [6.07, 6.45) is -0.496. The Hall–Kier alpha value is -2.32. The molecular weight excluding hydrogens is 446 g/mol. The molecular formula is C19H31N3O9S. The molecule has 0 aliphatic heterocycles. The summed E-state index contributed by atoms with van der Waals surface area (Å²) in [5, 5.41) is 13.2. The van der Waals surface area contributed by atoms with E-state index in [-0.39, 0.29) is 30.3 Å². The Morgan fingerprint density at radius 2 is 1.44 bits per heavy atom. The Kier molecular flexibility index (Phi) is 12.1. The maximum absolute atomic E-state index is 12.1. The standard InChI is InChI=1S/C19H31N3O9S/c1-19(2,3)31-18(23)20-8-10-28-12-14-30-15-13-29-11-9-21-32(26,27)17-6-4-16(5-7-17)22(24)25/h4-7,21H,8-15H2,1-3H3,(H,20,23). The molecule has 0 atom stereocenters. The molecule has 0 radical (unpaired) electrons. The lowest BCUT2D eigenvalue weighted by Gasteiger charge is -2.19. The number of non-ortho nitro benzene ring substituents is 1. The molecule has 0 aliphatic carbocycles. The van der Waals surface area contributed by atoms with Gasteiger partial charge in [0.05, 0.1) is 49.5 Å². The van der Waals surface area contributed by atoms with Crippen LogP contribution in [0.1, 0.15) is 20.8 Å². The van der Waals surface area contributed by atoms with Gasteiger partial charge < -0.3 is 24.3 Å². The molecule has 0 saturated heterocycles. The summed E-state index contributed by atoms with van der Waals surface area (Å²) in [6.45, 7) is 7.48. The van der Waals surface area contributed by atoms with Crippen LogP contribution in [0.2, 0.25) is 0 Å². The predicted molar refractivity (Wildman–Crippen MR) is 115 cm³/mol. The number of ether oxygens (including phenoxy) is 4. The largest absolute Gasteiger partial charge is 0.444 e. The van der Waals surface area contributed by atoms with Crippen molar-refractivity contribution in [2.45, 2.75) is 31.3 Å². The smallest absolute Gasteiger partial charge is 0.407 e. The highest BCUT2D eigenvalue weighted by molar-refractivity contribution is 7.89. The Bertz CT molecular complexity index is 808. The van der Waals surface area contributed by atoms with Gasteiger partial charge in [0.2, 0.25) is 10.0 Å². The van der Waals surface area contributed by atoms with Crippen LogP contribution in [0.25, 0.3) is 0 Å². The summed E-state index contributed by atoms with van der Waals surface area (Å²) >= 11 is 0. The van der Waals surface area contributed by atoms with Crippen molar-refractivity contribution in [1.29, 1.82) is 0 Å². The first-order valence-electron chi connectivity index (χ1n) is 9.95. The van der Waals surface area contributed by atoms with Gasteiger partial charge in [-0.05, 0) is 32.9 Å². The van der Waals surface area contributed by atoms with Crippen molar-refractivity contribution in [2.24, 2.45) is 0 Å². The van der Waals surface area contributed by atoms with E-state index in [4.69, 9.17) is 18.9 Å². The highest BCUT2D eigenvalue weighted by Crippen LogP contribution is 2.15. The highest BCUT2D eigenvalue weighted by atomic mass is 32.2. The maximum Gasteiger partial charge on any atom is 0.407 e. The van der Waals surface area contributed by atoms with Gasteiger partial charge in [-0.2, -0.15) is 0 Å². The van der Waals surface area contributed by atoms with Crippen LogP contribution >= 0.6 is 0 Å². The fourth-order valence-electron chi connectivity index (χ4n) is 2.16. The van der Waals surface area contributed by atoms with Gasteiger partial charge in [0.1, 0.15) is 5.60 Å². The zero-order valence-corrected chi connectivity index (χ0v) is 19.3. The average molecular weight is 478 g/mol. The van der Waals surface area contributed by atoms with Crippen LogP contribution in [-0.4, -0.2) is 77.8 Å². The first kappa shape index (κ1) is 27.7. The van der Waals surface area contributed by atoms with Crippen molar-refractivity contribution >= 4 is 21.8 Å². The van der Waals surface area contributed by atoms with Gasteiger partial charge in [0.25, 0.3) is 5.69 Å². The number of hydrogen-bond donors (Lipinski definition) is 2. The predicted octanol–water partition coefficient (Wildman–Crippen LogP) is 1.45. The van der Waals surface area contributed by atoms with Crippen molar-refractivity contribution in [3.8, 4) is 0 Å². The van der Waals surface area contributed by atoms with Crippen LogP contribution in [0.4, 0.5) is 10.5 Å². The van der Waals surface area contributed by atoms with Crippen molar-refractivity contribution in [3.63, 3.8) is 0 Å². The monoisotopic (exact) mass is 477 g/mol. The van der Waals surface area contributed by atoms with E-state index in [0.29, 0.717) is 33.0 Å². The second-order valence-corrected chi connectivity index (χ2v) is 9.18. The van der Waals surface area contributed by atoms with Crippen LogP contribution < -0.4 is 10.0 Å². The third-order valence-corrected chi connectivity index (χ3v) is 5.03. The Labute approximate surface area is 187 Å². The number of nitro benzene ring substituents is 1. The number of amides is 1. The van der Waals surface area contributed by atoms with E-state index in [1.165, 1.54) is 12.1 Å². The van der Waals surface area contributed by atoms with Crippen LogP contribution in [0.3, 0.4) is 0 Å². The number of carbonyl (C=O) groups excluding carboxylic acids is 1. The summed E-state index contributed by atoms with van der Waals surface area (Å²) in [6, 6.07) is 4.60. The number of sulfonamides is 1. The molecule has 0 heterocycles. The van der Waals surface area contributed by atoms with E-state index in [9.17, 15) is 23.3 Å². The first-order chi connectivity index (χ1) is 15.0. The molecule has 32 heavy (non-hydrogen) atoms. The van der Waals surface area contributed by atoms with Gasteiger partial charge in [0, 0.05) is 25.2 Å². The molecule has 0 bridgehead atoms. The quantitative estimate of drug-likeness (QED) is 0.217. The summed E-state index contributed by atoms with van der Waals surface area (Å²) in [4.78, 5) is 21.4. The third-order valence-electron chi connectivity index (χ3n) is 3.55. The van der Waals surface area contributed by atoms with E-state index >= 15 is 0 Å². The lowest BCUT2D eigenvalue weighted by atomic mass is 10.2. The minimum absolute atomic E-state index is 0.0487. The summed E-state index contributed by atoms with van der Waals surface area (Å²) in [7, 11) is -3.76. The van der Waals surface area contributed by atoms with Crippen molar-refractivity contribution < 1.29 is 37.1 Å². The number of carbonyl (C=O) groups is 1. The van der Waals surface area contributed by atoms with Crippen molar-refractivity contribution in [2.75, 3.05) is 52.7 Å². The van der Waals surface area contributed by atoms with E-state index < -0.39 is 26.6 Å². The Morgan fingerprint density at radius 3 is 1.94 bits per heavy atom. The molecule has 0 fully saturated rings. The Morgan fingerprint density at radius 1 is 0.938 bits per heavy atom. The lowest BCUT2D eigenvalue weighted by Crippen LogP contribution is -2.34. The number of nitrogens with zero attached hydrogens (tertiary/aromatic N) is 1. The molecule has 1 rings (SSSR count).